The molecule has 0 spiro atoms. The molecule has 6 N–H and O–H groups in total. The van der Waals surface area contributed by atoms with E-state index in [1.807, 2.05) is 0 Å². The van der Waals surface area contributed by atoms with Gasteiger partial charge in [0.25, 0.3) is 0 Å². The number of aliphatic hydroxyl groups excluding tert-OH is 1. The normalized spacial score (nSPS) is 30.3. The molecule has 5 rings (SSSR count). The lowest BCUT2D eigenvalue weighted by Crippen LogP contribution is -2.52. The van der Waals surface area contributed by atoms with E-state index in [2.05, 4.69) is 0 Å². The summed E-state index contributed by atoms with van der Waals surface area (Å²) in [6, 6.07) is 3.75. The Balaban J connectivity index is 1.68. The lowest BCUT2D eigenvalue weighted by Gasteiger charge is -2.42. The lowest BCUT2D eigenvalue weighted by molar-refractivity contribution is -0.247. The van der Waals surface area contributed by atoms with Crippen LogP contribution in [0.1, 0.15) is 75.8 Å². The van der Waals surface area contributed by atoms with Gasteiger partial charge in [0.15, 0.2) is 17.9 Å². The average Bonchev–Trinajstić information content (AvgIpc) is 2.87. The third-order valence-electron chi connectivity index (χ3n) is 7.80. The molecule has 6 atom stereocenters. The molecular weight excluding hydrogens is 498 g/mol. The van der Waals surface area contributed by atoms with Crippen molar-refractivity contribution in [3.63, 3.8) is 0 Å². The molecule has 0 saturated carbocycles. The maximum absolute atomic E-state index is 13.6. The van der Waals surface area contributed by atoms with E-state index in [4.69, 9.17) is 19.9 Å². The zero-order chi connectivity index (χ0) is 27.7. The van der Waals surface area contributed by atoms with Gasteiger partial charge < -0.3 is 40.4 Å². The van der Waals surface area contributed by atoms with E-state index in [0.717, 1.165) is 0 Å². The van der Waals surface area contributed by atoms with Gasteiger partial charge in [0, 0.05) is 42.0 Å². The number of methoxy groups -OCH3 is 1. The molecule has 11 heteroatoms. The number of carbonyl (C=O) groups is 3. The molecular formula is C27H29NO10. The van der Waals surface area contributed by atoms with Gasteiger partial charge in [-0.2, -0.15) is 0 Å². The fourth-order valence-electron chi connectivity index (χ4n) is 5.66. The van der Waals surface area contributed by atoms with E-state index in [9.17, 15) is 34.8 Å². The Hall–Kier alpha value is -3.35. The molecule has 2 aliphatic carbocycles. The largest absolute Gasteiger partial charge is 0.507 e. The fraction of sp³-hybridized carbons (Fsp3) is 0.444. The van der Waals surface area contributed by atoms with Crippen LogP contribution < -0.4 is 10.5 Å². The van der Waals surface area contributed by atoms with Crippen molar-refractivity contribution in [2.45, 2.75) is 69.4 Å². The first-order valence-corrected chi connectivity index (χ1v) is 12.2. The maximum atomic E-state index is 13.6. The van der Waals surface area contributed by atoms with Crippen LogP contribution in [0, 0.1) is 0 Å². The molecule has 1 fully saturated rings. The molecule has 38 heavy (non-hydrogen) atoms. The number of rotatable bonds is 4. The number of fused-ring (bicyclic) bond motifs is 3. The van der Waals surface area contributed by atoms with E-state index < -0.39 is 82.6 Å². The minimum absolute atomic E-state index is 0.0147. The van der Waals surface area contributed by atoms with Crippen LogP contribution in [0.2, 0.25) is 0 Å². The highest BCUT2D eigenvalue weighted by Gasteiger charge is 2.49. The van der Waals surface area contributed by atoms with Crippen molar-refractivity contribution >= 4 is 17.3 Å². The number of phenols is 2. The molecule has 1 saturated heterocycles. The molecule has 0 aromatic heterocycles. The summed E-state index contributed by atoms with van der Waals surface area (Å²) in [5, 5.41) is 44.1. The van der Waals surface area contributed by atoms with Crippen molar-refractivity contribution in [3.05, 3.63) is 51.6 Å². The summed E-state index contributed by atoms with van der Waals surface area (Å²) in [5.41, 5.74) is 2.97. The van der Waals surface area contributed by atoms with Crippen LogP contribution in [0.25, 0.3) is 0 Å². The Labute approximate surface area is 217 Å². The van der Waals surface area contributed by atoms with E-state index in [1.54, 1.807) is 6.92 Å². The summed E-state index contributed by atoms with van der Waals surface area (Å²) in [6.07, 6.45) is -4.53. The van der Waals surface area contributed by atoms with Crippen LogP contribution in [0.5, 0.6) is 17.2 Å². The van der Waals surface area contributed by atoms with Crippen LogP contribution in [-0.4, -0.2) is 75.0 Å². The zero-order valence-electron chi connectivity index (χ0n) is 21.1. The highest BCUT2D eigenvalue weighted by molar-refractivity contribution is 6.31. The summed E-state index contributed by atoms with van der Waals surface area (Å²) in [5.74, 6) is -3.18. The monoisotopic (exact) mass is 527 g/mol. The summed E-state index contributed by atoms with van der Waals surface area (Å²) < 4.78 is 17.1. The molecule has 0 unspecified atom stereocenters. The Morgan fingerprint density at radius 2 is 1.82 bits per heavy atom. The fourth-order valence-corrected chi connectivity index (χ4v) is 5.66. The second-order valence-corrected chi connectivity index (χ2v) is 10.1. The minimum Gasteiger partial charge on any atom is -0.507 e. The van der Waals surface area contributed by atoms with Crippen LogP contribution in [-0.2, 0) is 20.7 Å². The van der Waals surface area contributed by atoms with E-state index in [1.165, 1.54) is 32.2 Å². The molecule has 3 aliphatic rings. The zero-order valence-corrected chi connectivity index (χ0v) is 21.1. The number of hydrogen-bond acceptors (Lipinski definition) is 11. The van der Waals surface area contributed by atoms with Crippen LogP contribution in [0.3, 0.4) is 0 Å². The van der Waals surface area contributed by atoms with Gasteiger partial charge >= 0.3 is 0 Å². The van der Waals surface area contributed by atoms with Crippen LogP contribution in [0.15, 0.2) is 18.2 Å². The number of nitrogens with two attached hydrogens (primary N) is 1. The van der Waals surface area contributed by atoms with E-state index in [0.29, 0.717) is 0 Å². The van der Waals surface area contributed by atoms with Gasteiger partial charge in [-0.1, -0.05) is 12.1 Å². The molecule has 0 radical (unpaired) electrons. The van der Waals surface area contributed by atoms with Crippen LogP contribution in [0.4, 0.5) is 0 Å². The second-order valence-electron chi connectivity index (χ2n) is 10.1. The number of ketones is 3. The minimum atomic E-state index is -2.00. The topological polar surface area (TPSA) is 186 Å². The van der Waals surface area contributed by atoms with E-state index in [-0.39, 0.29) is 40.8 Å². The number of Topliss-reactive ketones (excluding diaryl/α,β-unsaturated/α-hetero) is 1. The SMILES string of the molecule is COc1cccc2c1C(=O)c1c(O)c3c(c(O)c1C2=O)C[C@@](O)(C(C)=O)C[C@H]3O[C@H]1C[C@@H](N)[C@@H](O)[C@H](C)O1. The van der Waals surface area contributed by atoms with Crippen molar-refractivity contribution in [3.8, 4) is 17.2 Å². The number of aromatic hydroxyl groups is 2. The van der Waals surface area contributed by atoms with Gasteiger partial charge in [-0.15, -0.1) is 0 Å². The molecule has 202 valence electrons. The highest BCUT2D eigenvalue weighted by atomic mass is 16.7. The lowest BCUT2D eigenvalue weighted by atomic mass is 9.72. The number of benzene rings is 2. The van der Waals surface area contributed by atoms with Crippen molar-refractivity contribution in [2.24, 2.45) is 5.73 Å². The maximum Gasteiger partial charge on any atom is 0.202 e. The molecule has 1 heterocycles. The van der Waals surface area contributed by atoms with Crippen molar-refractivity contribution in [1.29, 1.82) is 0 Å². The molecule has 2 aromatic rings. The summed E-state index contributed by atoms with van der Waals surface area (Å²) in [4.78, 5) is 39.6. The quantitative estimate of drug-likeness (QED) is 0.305. The number of ether oxygens (including phenoxy) is 3. The first-order chi connectivity index (χ1) is 17.9. The number of hydrogen-bond donors (Lipinski definition) is 5. The first-order valence-electron chi connectivity index (χ1n) is 12.2. The summed E-state index contributed by atoms with van der Waals surface area (Å²) in [7, 11) is 1.34. The molecule has 11 nitrogen and oxygen atoms in total. The van der Waals surface area contributed by atoms with Crippen molar-refractivity contribution in [2.75, 3.05) is 7.11 Å². The molecule has 0 bridgehead atoms. The molecule has 1 aliphatic heterocycles. The van der Waals surface area contributed by atoms with Gasteiger partial charge in [0.2, 0.25) is 5.78 Å². The van der Waals surface area contributed by atoms with Gasteiger partial charge in [-0.05, 0) is 19.9 Å². The van der Waals surface area contributed by atoms with Gasteiger partial charge in [0.1, 0.15) is 22.8 Å². The third-order valence-corrected chi connectivity index (χ3v) is 7.80. The Morgan fingerprint density at radius 3 is 2.45 bits per heavy atom. The average molecular weight is 528 g/mol. The standard InChI is InChI=1S/C27H29NO10/c1-10-22(30)14(28)7-17(37-10)38-16-9-27(35,11(2)29)8-13-19(16)26(34)21-20(24(13)32)23(31)12-5-4-6-15(36-3)18(12)25(21)33/h4-6,10,14,16-17,22,30,32,34-35H,7-9,28H2,1-3H3/t10-,14+,16+,17-,22-,27-/m0/s1. The van der Waals surface area contributed by atoms with Crippen molar-refractivity contribution < 1.29 is 49.0 Å². The van der Waals surface area contributed by atoms with Gasteiger partial charge in [0.05, 0.1) is 42.1 Å². The second kappa shape index (κ2) is 9.14. The van der Waals surface area contributed by atoms with E-state index >= 15 is 0 Å². The number of aliphatic hydroxyl groups is 2. The van der Waals surface area contributed by atoms with Gasteiger partial charge in [-0.25, -0.2) is 0 Å². The molecule has 2 aromatic carbocycles. The number of carbonyl (C=O) groups excluding carboxylic acids is 3. The molecule has 0 amide bonds. The Morgan fingerprint density at radius 1 is 1.13 bits per heavy atom. The predicted molar refractivity (Wildman–Crippen MR) is 130 cm³/mol. The summed E-state index contributed by atoms with van der Waals surface area (Å²) >= 11 is 0. The predicted octanol–water partition coefficient (Wildman–Crippen LogP) is 1.03. The van der Waals surface area contributed by atoms with Crippen LogP contribution >= 0.6 is 0 Å². The smallest absolute Gasteiger partial charge is 0.202 e. The Bertz CT molecular complexity index is 1360. The number of phenolic OH excluding ortho intramolecular Hbond substituents is 2. The highest BCUT2D eigenvalue weighted by Crippen LogP contribution is 2.52. The summed E-state index contributed by atoms with van der Waals surface area (Å²) in [6.45, 7) is 2.79. The van der Waals surface area contributed by atoms with Gasteiger partial charge in [-0.3, -0.25) is 14.4 Å². The Kier molecular flexibility index (Phi) is 6.32. The first kappa shape index (κ1) is 26.3. The third kappa shape index (κ3) is 3.81. The van der Waals surface area contributed by atoms with Crippen molar-refractivity contribution in [1.82, 2.24) is 0 Å².